The minimum absolute atomic E-state index is 0.354. The van der Waals surface area contributed by atoms with Crippen molar-refractivity contribution in [1.82, 2.24) is 15.2 Å². The second-order valence-corrected chi connectivity index (χ2v) is 5.01. The third kappa shape index (κ3) is 6.25. The lowest BCUT2D eigenvalue weighted by Gasteiger charge is -2.21. The van der Waals surface area contributed by atoms with E-state index in [-0.39, 0.29) is 6.03 Å². The van der Waals surface area contributed by atoms with Crippen LogP contribution in [0.4, 0.5) is 4.79 Å². The summed E-state index contributed by atoms with van der Waals surface area (Å²) in [5.74, 6) is -0.987. The van der Waals surface area contributed by atoms with Crippen molar-refractivity contribution < 1.29 is 14.7 Å². The zero-order valence-electron chi connectivity index (χ0n) is 12.6. The van der Waals surface area contributed by atoms with Gasteiger partial charge < -0.3 is 15.3 Å². The van der Waals surface area contributed by atoms with E-state index in [9.17, 15) is 9.59 Å². The zero-order valence-corrected chi connectivity index (χ0v) is 12.6. The molecule has 0 bridgehead atoms. The Morgan fingerprint density at radius 1 is 1.38 bits per heavy atom. The number of amides is 2. The molecule has 0 fully saturated rings. The van der Waals surface area contributed by atoms with E-state index in [4.69, 9.17) is 5.11 Å². The number of likely N-dealkylation sites (N-methyl/N-ethyl adjacent to an activating group) is 1. The van der Waals surface area contributed by atoms with E-state index in [1.807, 2.05) is 19.1 Å². The van der Waals surface area contributed by atoms with Gasteiger partial charge in [0.1, 0.15) is 6.04 Å². The summed E-state index contributed by atoms with van der Waals surface area (Å²) in [6.45, 7) is 2.51. The molecule has 21 heavy (non-hydrogen) atoms. The number of carbonyl (C=O) groups excluding carboxylic acids is 1. The highest BCUT2D eigenvalue weighted by molar-refractivity contribution is 5.82. The molecule has 1 aromatic heterocycles. The van der Waals surface area contributed by atoms with Crippen molar-refractivity contribution in [2.24, 2.45) is 0 Å². The van der Waals surface area contributed by atoms with Gasteiger partial charge in [-0.05, 0) is 30.5 Å². The Labute approximate surface area is 125 Å². The Morgan fingerprint density at radius 2 is 2.05 bits per heavy atom. The third-order valence-electron chi connectivity index (χ3n) is 3.27. The van der Waals surface area contributed by atoms with Gasteiger partial charge in [-0.25, -0.2) is 9.59 Å². The average Bonchev–Trinajstić information content (AvgIpc) is 2.49. The van der Waals surface area contributed by atoms with E-state index in [1.54, 1.807) is 19.4 Å². The third-order valence-corrected chi connectivity index (χ3v) is 3.27. The van der Waals surface area contributed by atoms with Crippen LogP contribution >= 0.6 is 0 Å². The molecule has 116 valence electrons. The maximum Gasteiger partial charge on any atom is 0.326 e. The number of nitrogens with one attached hydrogen (secondary N) is 1. The Bertz CT molecular complexity index is 451. The molecule has 1 atom stereocenters. The maximum absolute atomic E-state index is 12.0. The fourth-order valence-corrected chi connectivity index (χ4v) is 1.87. The normalized spacial score (nSPS) is 11.7. The van der Waals surface area contributed by atoms with Crippen LogP contribution in [0.1, 0.15) is 31.7 Å². The van der Waals surface area contributed by atoms with E-state index < -0.39 is 12.0 Å². The number of aromatic nitrogens is 1. The monoisotopic (exact) mass is 293 g/mol. The molecule has 6 nitrogen and oxygen atoms in total. The number of hydrogen-bond donors (Lipinski definition) is 2. The molecule has 1 heterocycles. The fraction of sp³-hybridized carbons (Fsp3) is 0.533. The van der Waals surface area contributed by atoms with Crippen LogP contribution in [0, 0.1) is 0 Å². The SMILES string of the molecule is CCCCC(NC(=O)N(C)CCc1ccncc1)C(=O)O. The second-order valence-electron chi connectivity index (χ2n) is 5.01. The number of aliphatic carboxylic acids is 1. The lowest BCUT2D eigenvalue weighted by Crippen LogP contribution is -2.47. The van der Waals surface area contributed by atoms with Crippen LogP contribution in [0.2, 0.25) is 0 Å². The summed E-state index contributed by atoms with van der Waals surface area (Å²) in [5, 5.41) is 11.7. The van der Waals surface area contributed by atoms with Crippen LogP contribution in [0.15, 0.2) is 24.5 Å². The molecule has 0 spiro atoms. The summed E-state index contributed by atoms with van der Waals surface area (Å²) in [6, 6.07) is 2.62. The number of rotatable bonds is 8. The van der Waals surface area contributed by atoms with Crippen LogP contribution < -0.4 is 5.32 Å². The Kier molecular flexibility index (Phi) is 7.21. The van der Waals surface area contributed by atoms with Crippen LogP contribution in [0.25, 0.3) is 0 Å². The van der Waals surface area contributed by atoms with Crippen molar-refractivity contribution in [1.29, 1.82) is 0 Å². The van der Waals surface area contributed by atoms with Crippen molar-refractivity contribution in [2.45, 2.75) is 38.6 Å². The van der Waals surface area contributed by atoms with Gasteiger partial charge in [-0.3, -0.25) is 4.98 Å². The van der Waals surface area contributed by atoms with Gasteiger partial charge in [0.2, 0.25) is 0 Å². The lowest BCUT2D eigenvalue weighted by molar-refractivity contribution is -0.139. The molecule has 2 N–H and O–H groups in total. The number of unbranched alkanes of at least 4 members (excludes halogenated alkanes) is 1. The number of pyridine rings is 1. The van der Waals surface area contributed by atoms with E-state index in [0.717, 1.165) is 18.4 Å². The number of carboxylic acid groups (broad SMARTS) is 1. The van der Waals surface area contributed by atoms with Crippen LogP contribution in [0.5, 0.6) is 0 Å². The molecule has 0 saturated carbocycles. The molecule has 2 amide bonds. The average molecular weight is 293 g/mol. The number of hydrogen-bond acceptors (Lipinski definition) is 3. The van der Waals surface area contributed by atoms with Gasteiger partial charge in [-0.15, -0.1) is 0 Å². The number of nitrogens with zero attached hydrogens (tertiary/aromatic N) is 2. The van der Waals surface area contributed by atoms with Crippen molar-refractivity contribution in [2.75, 3.05) is 13.6 Å². The number of carbonyl (C=O) groups is 2. The molecule has 0 saturated heterocycles. The standard InChI is InChI=1S/C15H23N3O3/c1-3-4-5-13(14(19)20)17-15(21)18(2)11-8-12-6-9-16-10-7-12/h6-7,9-10,13H,3-5,8,11H2,1-2H3,(H,17,21)(H,19,20). The summed E-state index contributed by atoms with van der Waals surface area (Å²) in [4.78, 5) is 28.5. The summed E-state index contributed by atoms with van der Waals surface area (Å²) in [7, 11) is 1.66. The Morgan fingerprint density at radius 3 is 2.62 bits per heavy atom. The molecule has 1 unspecified atom stereocenters. The van der Waals surface area contributed by atoms with Gasteiger partial charge >= 0.3 is 12.0 Å². The topological polar surface area (TPSA) is 82.5 Å². The van der Waals surface area contributed by atoms with E-state index >= 15 is 0 Å². The fourth-order valence-electron chi connectivity index (χ4n) is 1.87. The predicted octanol–water partition coefficient (Wildman–Crippen LogP) is 1.91. The molecule has 0 aliphatic rings. The first-order chi connectivity index (χ1) is 10.0. The quantitative estimate of drug-likeness (QED) is 0.767. The summed E-state index contributed by atoms with van der Waals surface area (Å²) >= 11 is 0. The highest BCUT2D eigenvalue weighted by atomic mass is 16.4. The first-order valence-corrected chi connectivity index (χ1v) is 7.18. The maximum atomic E-state index is 12.0. The highest BCUT2D eigenvalue weighted by Crippen LogP contribution is 2.03. The van der Waals surface area contributed by atoms with Gasteiger partial charge in [0.05, 0.1) is 0 Å². The van der Waals surface area contributed by atoms with Crippen molar-refractivity contribution >= 4 is 12.0 Å². The van der Waals surface area contributed by atoms with Crippen molar-refractivity contribution in [3.63, 3.8) is 0 Å². The molecule has 6 heteroatoms. The molecule has 0 radical (unpaired) electrons. The minimum Gasteiger partial charge on any atom is -0.480 e. The Hall–Kier alpha value is -2.11. The molecule has 1 rings (SSSR count). The summed E-state index contributed by atoms with van der Waals surface area (Å²) in [5.41, 5.74) is 1.09. The second kappa shape index (κ2) is 8.94. The first kappa shape index (κ1) is 16.9. The van der Waals surface area contributed by atoms with Gasteiger partial charge in [0.25, 0.3) is 0 Å². The van der Waals surface area contributed by atoms with Crippen molar-refractivity contribution in [3.8, 4) is 0 Å². The smallest absolute Gasteiger partial charge is 0.326 e. The van der Waals surface area contributed by atoms with Crippen LogP contribution in [-0.4, -0.2) is 46.6 Å². The summed E-state index contributed by atoms with van der Waals surface area (Å²) in [6.07, 6.45) is 6.26. The van der Waals surface area contributed by atoms with Gasteiger partial charge in [0, 0.05) is 26.0 Å². The predicted molar refractivity (Wildman–Crippen MR) is 80.1 cm³/mol. The zero-order chi connectivity index (χ0) is 15.7. The largest absolute Gasteiger partial charge is 0.480 e. The van der Waals surface area contributed by atoms with Gasteiger partial charge in [0.15, 0.2) is 0 Å². The van der Waals surface area contributed by atoms with Gasteiger partial charge in [-0.1, -0.05) is 19.8 Å². The lowest BCUT2D eigenvalue weighted by atomic mass is 10.1. The number of urea groups is 1. The Balaban J connectivity index is 2.43. The highest BCUT2D eigenvalue weighted by Gasteiger charge is 2.20. The number of carboxylic acids is 1. The minimum atomic E-state index is -0.987. The molecule has 1 aromatic rings. The van der Waals surface area contributed by atoms with E-state index in [0.29, 0.717) is 19.4 Å². The molecule has 0 aromatic carbocycles. The molecule has 0 aliphatic heterocycles. The molecular weight excluding hydrogens is 270 g/mol. The summed E-state index contributed by atoms with van der Waals surface area (Å²) < 4.78 is 0. The van der Waals surface area contributed by atoms with E-state index in [2.05, 4.69) is 10.3 Å². The molecular formula is C15H23N3O3. The van der Waals surface area contributed by atoms with Gasteiger partial charge in [-0.2, -0.15) is 0 Å². The van der Waals surface area contributed by atoms with E-state index in [1.165, 1.54) is 4.90 Å². The van der Waals surface area contributed by atoms with Crippen LogP contribution in [0.3, 0.4) is 0 Å². The van der Waals surface area contributed by atoms with Crippen LogP contribution in [-0.2, 0) is 11.2 Å². The van der Waals surface area contributed by atoms with Crippen molar-refractivity contribution in [3.05, 3.63) is 30.1 Å². The molecule has 0 aliphatic carbocycles. The first-order valence-electron chi connectivity index (χ1n) is 7.18.